The molecule has 3 N–H and O–H groups in total. The lowest BCUT2D eigenvalue weighted by Crippen LogP contribution is -2.28. The predicted molar refractivity (Wildman–Crippen MR) is 72.7 cm³/mol. The van der Waals surface area contributed by atoms with Gasteiger partial charge in [0.2, 0.25) is 0 Å². The number of aromatic nitrogens is 2. The van der Waals surface area contributed by atoms with Gasteiger partial charge in [0.05, 0.1) is 5.52 Å². The van der Waals surface area contributed by atoms with E-state index in [1.54, 1.807) is 0 Å². The highest BCUT2D eigenvalue weighted by Crippen LogP contribution is 2.17. The molecule has 1 aromatic carbocycles. The Morgan fingerprint density at radius 3 is 2.75 bits per heavy atom. The maximum atomic E-state index is 11.5. The average molecular weight is 272 g/mol. The minimum atomic E-state index is -1.15. The highest BCUT2D eigenvalue weighted by molar-refractivity contribution is 5.98. The number of carboxylic acids is 1. The fourth-order valence-electron chi connectivity index (χ4n) is 1.52. The van der Waals surface area contributed by atoms with Crippen molar-refractivity contribution in [1.82, 2.24) is 15.4 Å². The summed E-state index contributed by atoms with van der Waals surface area (Å²) in [4.78, 5) is 30.2. The summed E-state index contributed by atoms with van der Waals surface area (Å²) in [5.41, 5.74) is 5.68. The van der Waals surface area contributed by atoms with Crippen LogP contribution < -0.4 is 10.9 Å². The quantitative estimate of drug-likeness (QED) is 0.569. The molecule has 0 aliphatic rings. The Kier molecular flexibility index (Phi) is 3.90. The third kappa shape index (κ3) is 3.08. The van der Waals surface area contributed by atoms with Gasteiger partial charge in [0.15, 0.2) is 5.82 Å². The fourth-order valence-corrected chi connectivity index (χ4v) is 1.52. The Morgan fingerprint density at radius 2 is 2.00 bits per heavy atom. The van der Waals surface area contributed by atoms with Crippen molar-refractivity contribution in [3.63, 3.8) is 0 Å². The van der Waals surface area contributed by atoms with Crippen molar-refractivity contribution < 1.29 is 14.7 Å². The van der Waals surface area contributed by atoms with E-state index in [2.05, 4.69) is 20.8 Å². The molecule has 2 rings (SSSR count). The Morgan fingerprint density at radius 1 is 1.25 bits per heavy atom. The Bertz CT molecular complexity index is 692. The standard InChI is InChI=1S/C13H12N4O3/c1-8(13(19)20)6-11(18)16-17-12-9-4-2-3-5-10(9)14-7-15-12/h2-7H,1H3,(H,16,18)(H,19,20)(H,14,15,17)/b8-6-. The van der Waals surface area contributed by atoms with E-state index in [1.165, 1.54) is 13.3 Å². The second kappa shape index (κ2) is 5.79. The molecule has 0 unspecified atom stereocenters. The molecule has 2 aromatic rings. The van der Waals surface area contributed by atoms with Crippen LogP contribution in [0.25, 0.3) is 10.9 Å². The van der Waals surface area contributed by atoms with Crippen LogP contribution in [-0.2, 0) is 9.59 Å². The zero-order valence-electron chi connectivity index (χ0n) is 10.6. The number of carboxylic acid groups (broad SMARTS) is 1. The van der Waals surface area contributed by atoms with E-state index in [-0.39, 0.29) is 5.57 Å². The summed E-state index contributed by atoms with van der Waals surface area (Å²) in [5, 5.41) is 9.41. The van der Waals surface area contributed by atoms with Crippen molar-refractivity contribution >= 4 is 28.6 Å². The number of para-hydroxylation sites is 1. The number of aliphatic carboxylic acids is 1. The lowest BCUT2D eigenvalue weighted by Gasteiger charge is -2.08. The summed E-state index contributed by atoms with van der Waals surface area (Å²) in [6.07, 6.45) is 2.36. The minimum Gasteiger partial charge on any atom is -0.478 e. The number of fused-ring (bicyclic) bond motifs is 1. The second-order valence-corrected chi connectivity index (χ2v) is 3.99. The predicted octanol–water partition coefficient (Wildman–Crippen LogP) is 1.10. The number of carbonyl (C=O) groups is 2. The highest BCUT2D eigenvalue weighted by Gasteiger charge is 2.06. The first-order valence-electron chi connectivity index (χ1n) is 5.75. The van der Waals surface area contributed by atoms with Crippen molar-refractivity contribution in [1.29, 1.82) is 0 Å². The highest BCUT2D eigenvalue weighted by atomic mass is 16.4. The van der Waals surface area contributed by atoms with Gasteiger partial charge >= 0.3 is 5.97 Å². The van der Waals surface area contributed by atoms with Gasteiger partial charge in [0, 0.05) is 17.0 Å². The molecule has 0 aliphatic heterocycles. The smallest absolute Gasteiger partial charge is 0.331 e. The van der Waals surface area contributed by atoms with Crippen LogP contribution in [-0.4, -0.2) is 27.0 Å². The van der Waals surface area contributed by atoms with Gasteiger partial charge in [-0.3, -0.25) is 15.6 Å². The topological polar surface area (TPSA) is 104 Å². The van der Waals surface area contributed by atoms with E-state index < -0.39 is 11.9 Å². The van der Waals surface area contributed by atoms with Crippen LogP contribution in [0.1, 0.15) is 6.92 Å². The van der Waals surface area contributed by atoms with Crippen molar-refractivity contribution in [3.05, 3.63) is 42.2 Å². The molecule has 7 heteroatoms. The second-order valence-electron chi connectivity index (χ2n) is 3.99. The first kappa shape index (κ1) is 13.5. The number of anilines is 1. The summed E-state index contributed by atoms with van der Waals surface area (Å²) in [6.45, 7) is 1.34. The number of hydrogen-bond acceptors (Lipinski definition) is 5. The zero-order chi connectivity index (χ0) is 14.5. The van der Waals surface area contributed by atoms with Gasteiger partial charge in [-0.1, -0.05) is 12.1 Å². The SMILES string of the molecule is C/C(=C/C(=O)NNc1ncnc2ccccc12)C(=O)O. The monoisotopic (exact) mass is 272 g/mol. The normalized spacial score (nSPS) is 11.2. The minimum absolute atomic E-state index is 0.0585. The maximum Gasteiger partial charge on any atom is 0.331 e. The van der Waals surface area contributed by atoms with Crippen molar-refractivity contribution in [2.24, 2.45) is 0 Å². The molecule has 1 amide bonds. The largest absolute Gasteiger partial charge is 0.478 e. The number of carbonyl (C=O) groups excluding carboxylic acids is 1. The van der Waals surface area contributed by atoms with Crippen LogP contribution in [0.15, 0.2) is 42.2 Å². The Hall–Kier alpha value is -2.96. The van der Waals surface area contributed by atoms with E-state index in [1.807, 2.05) is 24.3 Å². The molecule has 102 valence electrons. The summed E-state index contributed by atoms with van der Waals surface area (Å²) in [5.74, 6) is -1.29. The van der Waals surface area contributed by atoms with Gasteiger partial charge in [-0.2, -0.15) is 0 Å². The number of hydrogen-bond donors (Lipinski definition) is 3. The van der Waals surface area contributed by atoms with Gasteiger partial charge in [0.25, 0.3) is 5.91 Å². The molecule has 0 spiro atoms. The molecule has 0 fully saturated rings. The van der Waals surface area contributed by atoms with Gasteiger partial charge in [0.1, 0.15) is 6.33 Å². The number of hydrazine groups is 1. The molecule has 0 bridgehead atoms. The molecule has 0 aliphatic carbocycles. The zero-order valence-corrected chi connectivity index (χ0v) is 10.6. The van der Waals surface area contributed by atoms with Gasteiger partial charge in [-0.25, -0.2) is 14.8 Å². The van der Waals surface area contributed by atoms with Crippen LogP contribution in [0.4, 0.5) is 5.82 Å². The van der Waals surface area contributed by atoms with Gasteiger partial charge in [-0.05, 0) is 19.1 Å². The third-order valence-electron chi connectivity index (χ3n) is 2.53. The van der Waals surface area contributed by atoms with Crippen molar-refractivity contribution in [2.45, 2.75) is 6.92 Å². The average Bonchev–Trinajstić information content (AvgIpc) is 2.44. The summed E-state index contributed by atoms with van der Waals surface area (Å²) in [7, 11) is 0. The molecule has 1 aromatic heterocycles. The van der Waals surface area contributed by atoms with Crippen LogP contribution in [0, 0.1) is 0 Å². The molecule has 20 heavy (non-hydrogen) atoms. The molecule has 0 saturated heterocycles. The lowest BCUT2D eigenvalue weighted by molar-refractivity contribution is -0.133. The number of benzene rings is 1. The number of rotatable bonds is 4. The molecular weight excluding hydrogens is 260 g/mol. The Labute approximate surface area is 114 Å². The lowest BCUT2D eigenvalue weighted by atomic mass is 10.2. The first-order chi connectivity index (χ1) is 9.58. The fraction of sp³-hybridized carbons (Fsp3) is 0.0769. The van der Waals surface area contributed by atoms with E-state index in [0.717, 1.165) is 17.0 Å². The molecule has 0 saturated carbocycles. The van der Waals surface area contributed by atoms with E-state index >= 15 is 0 Å². The van der Waals surface area contributed by atoms with Gasteiger partial charge in [-0.15, -0.1) is 0 Å². The van der Waals surface area contributed by atoms with E-state index in [9.17, 15) is 9.59 Å². The molecular formula is C13H12N4O3. The van der Waals surface area contributed by atoms with Crippen LogP contribution >= 0.6 is 0 Å². The van der Waals surface area contributed by atoms with Crippen molar-refractivity contribution in [3.8, 4) is 0 Å². The van der Waals surface area contributed by atoms with Crippen molar-refractivity contribution in [2.75, 3.05) is 5.43 Å². The molecule has 7 nitrogen and oxygen atoms in total. The van der Waals surface area contributed by atoms with Crippen LogP contribution in [0.2, 0.25) is 0 Å². The van der Waals surface area contributed by atoms with Crippen LogP contribution in [0.3, 0.4) is 0 Å². The third-order valence-corrected chi connectivity index (χ3v) is 2.53. The van der Waals surface area contributed by atoms with Crippen LogP contribution in [0.5, 0.6) is 0 Å². The van der Waals surface area contributed by atoms with E-state index in [0.29, 0.717) is 5.82 Å². The molecule has 0 atom stereocenters. The number of nitrogens with zero attached hydrogens (tertiary/aromatic N) is 2. The maximum absolute atomic E-state index is 11.5. The Balaban J connectivity index is 2.12. The first-order valence-corrected chi connectivity index (χ1v) is 5.75. The molecule has 0 radical (unpaired) electrons. The van der Waals surface area contributed by atoms with E-state index in [4.69, 9.17) is 5.11 Å². The summed E-state index contributed by atoms with van der Waals surface area (Å²) in [6, 6.07) is 7.30. The summed E-state index contributed by atoms with van der Waals surface area (Å²) < 4.78 is 0. The number of amides is 1. The number of nitrogens with one attached hydrogen (secondary N) is 2. The molecule has 1 heterocycles. The summed E-state index contributed by atoms with van der Waals surface area (Å²) >= 11 is 0. The van der Waals surface area contributed by atoms with Gasteiger partial charge < -0.3 is 5.11 Å².